The van der Waals surface area contributed by atoms with Crippen molar-refractivity contribution in [3.8, 4) is 0 Å². The van der Waals surface area contributed by atoms with Gasteiger partial charge in [-0.15, -0.1) is 0 Å². The fourth-order valence-electron chi connectivity index (χ4n) is 2.75. The van der Waals surface area contributed by atoms with Gasteiger partial charge in [-0.3, -0.25) is 19.0 Å². The van der Waals surface area contributed by atoms with Gasteiger partial charge in [-0.2, -0.15) is 0 Å². The van der Waals surface area contributed by atoms with Gasteiger partial charge in [-0.1, -0.05) is 17.7 Å². The van der Waals surface area contributed by atoms with Crippen LogP contribution < -0.4 is 10.9 Å². The third-order valence-electron chi connectivity index (χ3n) is 4.00. The molecule has 3 aromatic heterocycles. The molecule has 0 radical (unpaired) electrons. The first-order chi connectivity index (χ1) is 12.6. The summed E-state index contributed by atoms with van der Waals surface area (Å²) < 4.78 is 1.36. The molecule has 0 saturated carbocycles. The Hall–Kier alpha value is -3.25. The van der Waals surface area contributed by atoms with Crippen LogP contribution in [0.5, 0.6) is 0 Å². The van der Waals surface area contributed by atoms with Gasteiger partial charge in [0, 0.05) is 17.4 Å². The van der Waals surface area contributed by atoms with E-state index in [1.54, 1.807) is 42.7 Å². The number of nitrogens with zero attached hydrogens (tertiary/aromatic N) is 3. The highest BCUT2D eigenvalue weighted by Gasteiger charge is 2.14. The Morgan fingerprint density at radius 1 is 1.15 bits per heavy atom. The summed E-state index contributed by atoms with van der Waals surface area (Å²) in [6.45, 7) is 0.286. The molecule has 0 aliphatic carbocycles. The summed E-state index contributed by atoms with van der Waals surface area (Å²) in [5, 5.41) is 3.67. The van der Waals surface area contributed by atoms with E-state index in [1.165, 1.54) is 4.40 Å². The van der Waals surface area contributed by atoms with E-state index in [4.69, 9.17) is 11.6 Å². The minimum Gasteiger partial charge on any atom is -0.346 e. The predicted octanol–water partition coefficient (Wildman–Crippen LogP) is 2.83. The van der Waals surface area contributed by atoms with E-state index in [1.807, 2.05) is 18.2 Å². The van der Waals surface area contributed by atoms with Crippen LogP contribution in [-0.4, -0.2) is 20.3 Å². The number of carbonyl (C=O) groups is 1. The van der Waals surface area contributed by atoms with Crippen LogP contribution in [0.25, 0.3) is 16.6 Å². The van der Waals surface area contributed by atoms with E-state index < -0.39 is 0 Å². The number of aromatic nitrogens is 3. The Labute approximate surface area is 153 Å². The zero-order valence-corrected chi connectivity index (χ0v) is 14.3. The Kier molecular flexibility index (Phi) is 4.10. The number of rotatable bonds is 3. The summed E-state index contributed by atoms with van der Waals surface area (Å²) in [5.41, 5.74) is 1.57. The lowest BCUT2D eigenvalue weighted by molar-refractivity contribution is 0.0951. The molecule has 4 aromatic rings. The summed E-state index contributed by atoms with van der Waals surface area (Å²) in [6.07, 6.45) is 3.25. The lowest BCUT2D eigenvalue weighted by Crippen LogP contribution is -2.26. The molecular weight excluding hydrogens is 352 g/mol. The standard InChI is InChI=1S/C19H13ClN4O2/c20-12-6-7-16-15(10-12)19(26)24-9-3-5-14(17(24)23-16)18(25)22-11-13-4-1-2-8-21-13/h1-10H,11H2,(H,22,25). The van der Waals surface area contributed by atoms with E-state index in [-0.39, 0.29) is 18.0 Å². The highest BCUT2D eigenvalue weighted by atomic mass is 35.5. The number of pyridine rings is 2. The molecule has 0 atom stereocenters. The molecule has 1 aromatic carbocycles. The van der Waals surface area contributed by atoms with Crippen molar-refractivity contribution < 1.29 is 4.79 Å². The number of benzene rings is 1. The van der Waals surface area contributed by atoms with E-state index in [0.717, 1.165) is 5.69 Å². The van der Waals surface area contributed by atoms with E-state index >= 15 is 0 Å². The van der Waals surface area contributed by atoms with Gasteiger partial charge in [-0.05, 0) is 42.5 Å². The van der Waals surface area contributed by atoms with Crippen LogP contribution in [0.15, 0.2) is 65.7 Å². The van der Waals surface area contributed by atoms with Gasteiger partial charge in [0.05, 0.1) is 28.7 Å². The molecule has 7 heteroatoms. The number of fused-ring (bicyclic) bond motifs is 2. The smallest absolute Gasteiger partial charge is 0.265 e. The van der Waals surface area contributed by atoms with E-state index in [2.05, 4.69) is 15.3 Å². The van der Waals surface area contributed by atoms with Gasteiger partial charge >= 0.3 is 0 Å². The third-order valence-corrected chi connectivity index (χ3v) is 4.24. The van der Waals surface area contributed by atoms with Crippen molar-refractivity contribution in [3.63, 3.8) is 0 Å². The maximum atomic E-state index is 12.7. The summed E-state index contributed by atoms with van der Waals surface area (Å²) in [6, 6.07) is 13.7. The molecule has 26 heavy (non-hydrogen) atoms. The number of halogens is 1. The fourth-order valence-corrected chi connectivity index (χ4v) is 2.92. The van der Waals surface area contributed by atoms with Crippen molar-refractivity contribution in [1.29, 1.82) is 0 Å². The molecule has 0 bridgehead atoms. The van der Waals surface area contributed by atoms with Crippen molar-refractivity contribution in [3.05, 3.63) is 87.6 Å². The van der Waals surface area contributed by atoms with Gasteiger partial charge < -0.3 is 5.32 Å². The largest absolute Gasteiger partial charge is 0.346 e. The van der Waals surface area contributed by atoms with E-state index in [0.29, 0.717) is 27.1 Å². The summed E-state index contributed by atoms with van der Waals surface area (Å²) >= 11 is 5.98. The van der Waals surface area contributed by atoms with Crippen molar-refractivity contribution in [1.82, 2.24) is 19.7 Å². The summed E-state index contributed by atoms with van der Waals surface area (Å²) in [5.74, 6) is -0.325. The second-order valence-corrected chi connectivity index (χ2v) is 6.13. The Balaban J connectivity index is 1.78. The maximum Gasteiger partial charge on any atom is 0.265 e. The highest BCUT2D eigenvalue weighted by Crippen LogP contribution is 2.17. The fraction of sp³-hybridized carbons (Fsp3) is 0.0526. The minimum atomic E-state index is -0.325. The van der Waals surface area contributed by atoms with Gasteiger partial charge in [0.15, 0.2) is 5.65 Å². The Bertz CT molecular complexity index is 1190. The SMILES string of the molecule is O=C(NCc1ccccn1)c1cccn2c(=O)c3cc(Cl)ccc3nc12. The molecule has 1 N–H and O–H groups in total. The zero-order valence-electron chi connectivity index (χ0n) is 13.5. The first-order valence-electron chi connectivity index (χ1n) is 7.92. The second-order valence-electron chi connectivity index (χ2n) is 5.70. The number of hydrogen-bond donors (Lipinski definition) is 1. The van der Waals surface area contributed by atoms with Crippen LogP contribution in [0.3, 0.4) is 0 Å². The first-order valence-corrected chi connectivity index (χ1v) is 8.30. The average molecular weight is 365 g/mol. The van der Waals surface area contributed by atoms with Gasteiger partial charge in [0.25, 0.3) is 11.5 Å². The van der Waals surface area contributed by atoms with Gasteiger partial charge in [0.2, 0.25) is 0 Å². The van der Waals surface area contributed by atoms with Crippen molar-refractivity contribution in [2.24, 2.45) is 0 Å². The molecule has 4 rings (SSSR count). The van der Waals surface area contributed by atoms with Crippen LogP contribution >= 0.6 is 11.6 Å². The molecular formula is C19H13ClN4O2. The molecule has 128 valence electrons. The zero-order chi connectivity index (χ0) is 18.1. The van der Waals surface area contributed by atoms with Crippen LogP contribution in [-0.2, 0) is 6.54 Å². The van der Waals surface area contributed by atoms with Crippen LogP contribution in [0.1, 0.15) is 16.1 Å². The molecule has 0 saturated heterocycles. The lowest BCUT2D eigenvalue weighted by Gasteiger charge is -2.09. The minimum absolute atomic E-state index is 0.271. The third kappa shape index (κ3) is 2.91. The van der Waals surface area contributed by atoms with Gasteiger partial charge in [0.1, 0.15) is 0 Å². The van der Waals surface area contributed by atoms with Crippen LogP contribution in [0.2, 0.25) is 5.02 Å². The molecule has 0 unspecified atom stereocenters. The van der Waals surface area contributed by atoms with Crippen molar-refractivity contribution in [2.45, 2.75) is 6.54 Å². The first kappa shape index (κ1) is 16.2. The quantitative estimate of drug-likeness (QED) is 0.567. The van der Waals surface area contributed by atoms with Crippen molar-refractivity contribution >= 4 is 34.1 Å². The molecule has 0 fully saturated rings. The average Bonchev–Trinajstić information content (AvgIpc) is 2.67. The molecule has 3 heterocycles. The topological polar surface area (TPSA) is 76.4 Å². The highest BCUT2D eigenvalue weighted by molar-refractivity contribution is 6.31. The summed E-state index contributed by atoms with van der Waals surface area (Å²) in [4.78, 5) is 34.0. The number of amides is 1. The second kappa shape index (κ2) is 6.57. The maximum absolute atomic E-state index is 12.7. The normalized spacial score (nSPS) is 11.0. The van der Waals surface area contributed by atoms with Gasteiger partial charge in [-0.25, -0.2) is 4.98 Å². The van der Waals surface area contributed by atoms with Crippen LogP contribution in [0.4, 0.5) is 0 Å². The van der Waals surface area contributed by atoms with Crippen LogP contribution in [0, 0.1) is 0 Å². The van der Waals surface area contributed by atoms with E-state index in [9.17, 15) is 9.59 Å². The molecule has 1 amide bonds. The number of nitrogens with one attached hydrogen (secondary N) is 1. The molecule has 0 aliphatic rings. The Morgan fingerprint density at radius 2 is 2.04 bits per heavy atom. The van der Waals surface area contributed by atoms with Crippen molar-refractivity contribution in [2.75, 3.05) is 0 Å². The number of carbonyl (C=O) groups excluding carboxylic acids is 1. The lowest BCUT2D eigenvalue weighted by atomic mass is 10.2. The monoisotopic (exact) mass is 364 g/mol. The number of hydrogen-bond acceptors (Lipinski definition) is 4. The Morgan fingerprint density at radius 3 is 2.85 bits per heavy atom. The molecule has 0 spiro atoms. The predicted molar refractivity (Wildman–Crippen MR) is 99.4 cm³/mol. The molecule has 0 aliphatic heterocycles. The molecule has 6 nitrogen and oxygen atoms in total. The summed E-state index contributed by atoms with van der Waals surface area (Å²) in [7, 11) is 0.